The Morgan fingerprint density at radius 3 is 1.72 bits per heavy atom. The van der Waals surface area contributed by atoms with E-state index in [-0.39, 0.29) is 29.7 Å². The van der Waals surface area contributed by atoms with E-state index in [1.54, 1.807) is 12.1 Å². The van der Waals surface area contributed by atoms with Crippen LogP contribution in [0.15, 0.2) is 219 Å². The minimum Gasteiger partial charge on any atom is -0.456 e. The van der Waals surface area contributed by atoms with Gasteiger partial charge in [0.15, 0.2) is 5.58 Å². The van der Waals surface area contributed by atoms with Gasteiger partial charge in [-0.2, -0.15) is 0 Å². The molecule has 5 heteroatoms. The van der Waals surface area contributed by atoms with E-state index >= 15 is 0 Å². The van der Waals surface area contributed by atoms with E-state index < -0.39 is 6.04 Å². The lowest BCUT2D eigenvalue weighted by Gasteiger charge is -2.26. The second-order valence-electron chi connectivity index (χ2n) is 15.3. The Morgan fingerprint density at radius 2 is 0.984 bits per heavy atom. The number of aromatic nitrogens is 1. The Balaban J connectivity index is 0.961. The highest BCUT2D eigenvalue weighted by Gasteiger charge is 2.24. The Bertz CT molecular complexity index is 4100. The molecule has 0 aliphatic heterocycles. The maximum atomic E-state index is 8.61. The molecule has 0 saturated heterocycles. The molecule has 0 N–H and O–H groups in total. The molecule has 0 spiro atoms. The first-order valence-corrected chi connectivity index (χ1v) is 20.2. The van der Waals surface area contributed by atoms with Crippen LogP contribution in [0.5, 0.6) is 0 Å². The van der Waals surface area contributed by atoms with Gasteiger partial charge in [-0.25, -0.2) is 0 Å². The van der Waals surface area contributed by atoms with Gasteiger partial charge >= 0.3 is 0 Å². The van der Waals surface area contributed by atoms with Crippen LogP contribution in [0.1, 0.15) is 6.85 Å². The number of anilines is 3. The van der Waals surface area contributed by atoms with E-state index in [9.17, 15) is 0 Å². The van der Waals surface area contributed by atoms with Crippen molar-refractivity contribution in [2.24, 2.45) is 0 Å². The number of furan rings is 3. The van der Waals surface area contributed by atoms with Gasteiger partial charge in [0.2, 0.25) is 5.71 Å². The number of rotatable bonds is 6. The van der Waals surface area contributed by atoms with Gasteiger partial charge in [0.05, 0.1) is 34.5 Å². The van der Waals surface area contributed by atoms with Crippen molar-refractivity contribution in [3.8, 4) is 27.9 Å². The molecule has 13 rings (SSSR count). The zero-order chi connectivity index (χ0) is 44.4. The van der Waals surface area contributed by atoms with Crippen molar-refractivity contribution in [3.63, 3.8) is 0 Å². The maximum absolute atomic E-state index is 8.61. The van der Waals surface area contributed by atoms with Crippen LogP contribution in [0.25, 0.3) is 105 Å². The van der Waals surface area contributed by atoms with Crippen LogP contribution in [-0.4, -0.2) is 4.57 Å². The minimum atomic E-state index is -0.419. The molecular formula is C56H34N2O3. The van der Waals surface area contributed by atoms with Crippen LogP contribution in [0.2, 0.25) is 0 Å². The monoisotopic (exact) mass is 787 g/mol. The quantitative estimate of drug-likeness (QED) is 0.168. The summed E-state index contributed by atoms with van der Waals surface area (Å²) in [5.41, 5.74) is 12.0. The number of fused-ring (bicyclic) bond motifs is 11. The van der Waals surface area contributed by atoms with Crippen LogP contribution in [0.3, 0.4) is 0 Å². The van der Waals surface area contributed by atoms with Crippen molar-refractivity contribution in [1.29, 1.82) is 0 Å². The molecule has 4 heterocycles. The van der Waals surface area contributed by atoms with E-state index in [4.69, 9.17) is 20.1 Å². The number of hydrogen-bond acceptors (Lipinski definition) is 4. The van der Waals surface area contributed by atoms with Crippen LogP contribution in [-0.2, 0) is 0 Å². The summed E-state index contributed by atoms with van der Waals surface area (Å²) >= 11 is 0. The van der Waals surface area contributed by atoms with Crippen LogP contribution in [0, 0.1) is 0 Å². The largest absolute Gasteiger partial charge is 0.456 e. The molecule has 13 aromatic rings. The van der Waals surface area contributed by atoms with Crippen molar-refractivity contribution in [2.45, 2.75) is 0 Å². The lowest BCUT2D eigenvalue weighted by atomic mass is 10.0. The predicted molar refractivity (Wildman–Crippen MR) is 251 cm³/mol. The summed E-state index contributed by atoms with van der Waals surface area (Å²) in [6.45, 7) is 0. The van der Waals surface area contributed by atoms with E-state index in [2.05, 4.69) is 82.3 Å². The number of para-hydroxylation sites is 4. The number of hydrogen-bond donors (Lipinski definition) is 0. The third-order valence-corrected chi connectivity index (χ3v) is 11.9. The van der Waals surface area contributed by atoms with Crippen LogP contribution < -0.4 is 4.90 Å². The SMILES string of the molecule is [2H]c1c([2H])c([2H])c(-c2ccc(N(c3ccc(-c4ccc5c(c4)c4c6ccccc6oc4n5-c4cccc5oc6ccccc6c45)cc3)c3cccc4c3oc3ccccc34)cc2)c([2H])c1[2H]. The molecule has 0 unspecified atom stereocenters. The summed E-state index contributed by atoms with van der Waals surface area (Å²) in [5.74, 6) is 0. The zero-order valence-corrected chi connectivity index (χ0v) is 32.4. The molecule has 0 radical (unpaired) electrons. The van der Waals surface area contributed by atoms with Crippen molar-refractivity contribution in [3.05, 3.63) is 206 Å². The first kappa shape index (κ1) is 29.0. The summed E-state index contributed by atoms with van der Waals surface area (Å²) < 4.78 is 63.7. The maximum Gasteiger partial charge on any atom is 0.213 e. The fourth-order valence-corrected chi connectivity index (χ4v) is 9.16. The summed E-state index contributed by atoms with van der Waals surface area (Å²) in [7, 11) is 0. The molecule has 286 valence electrons. The molecule has 0 atom stereocenters. The summed E-state index contributed by atoms with van der Waals surface area (Å²) in [6, 6.07) is 57.5. The van der Waals surface area contributed by atoms with Crippen molar-refractivity contribution >= 4 is 93.9 Å². The lowest BCUT2D eigenvalue weighted by molar-refractivity contribution is 0.645. The number of benzene rings is 9. The van der Waals surface area contributed by atoms with E-state index in [0.29, 0.717) is 5.56 Å². The van der Waals surface area contributed by atoms with Crippen molar-refractivity contribution in [2.75, 3.05) is 4.90 Å². The Hall–Kier alpha value is -8.28. The zero-order valence-electron chi connectivity index (χ0n) is 37.4. The van der Waals surface area contributed by atoms with Gasteiger partial charge in [0.25, 0.3) is 0 Å². The van der Waals surface area contributed by atoms with Gasteiger partial charge < -0.3 is 18.2 Å². The van der Waals surface area contributed by atoms with Crippen molar-refractivity contribution in [1.82, 2.24) is 4.57 Å². The Labute approximate surface area is 356 Å². The fraction of sp³-hybridized carbons (Fsp3) is 0. The smallest absolute Gasteiger partial charge is 0.213 e. The Morgan fingerprint density at radius 1 is 0.410 bits per heavy atom. The molecule has 0 aliphatic rings. The summed E-state index contributed by atoms with van der Waals surface area (Å²) in [4.78, 5) is 2.13. The first-order valence-electron chi connectivity index (χ1n) is 22.7. The molecule has 9 aromatic carbocycles. The average molecular weight is 788 g/mol. The Kier molecular flexibility index (Phi) is 6.24. The molecular weight excluding hydrogens is 749 g/mol. The minimum absolute atomic E-state index is 0.155. The molecule has 0 fully saturated rings. The highest BCUT2D eigenvalue weighted by molar-refractivity contribution is 6.22. The van der Waals surface area contributed by atoms with Gasteiger partial charge in [-0.1, -0.05) is 133 Å². The summed E-state index contributed by atoms with van der Waals surface area (Å²) in [5, 5.41) is 7.22. The predicted octanol–water partition coefficient (Wildman–Crippen LogP) is 16.1. The molecule has 0 aliphatic carbocycles. The normalized spacial score (nSPS) is 13.1. The third kappa shape index (κ3) is 5.14. The summed E-state index contributed by atoms with van der Waals surface area (Å²) in [6.07, 6.45) is 0. The van der Waals surface area contributed by atoms with E-state index in [1.165, 1.54) is 0 Å². The standard InChI is InChI=1S/C56H34N2O3/c1-2-12-35(13-3-1)36-24-29-39(30-25-36)57(48-19-10-17-42-41-14-4-7-20-49(41)60-55(42)48)40-31-26-37(27-32-40)38-28-33-46-45(34-38)53-43-15-5-9-22-51(43)61-56(53)58(46)47-18-11-23-52-54(47)44-16-6-8-21-50(44)59-52/h1-34H/i1D,2D,3D,12D,13D. The molecule has 5 nitrogen and oxygen atoms in total. The topological polar surface area (TPSA) is 47.6 Å². The lowest BCUT2D eigenvalue weighted by Crippen LogP contribution is -2.10. The van der Waals surface area contributed by atoms with Gasteiger partial charge in [-0.05, 0) is 95.1 Å². The van der Waals surface area contributed by atoms with Gasteiger partial charge in [-0.15, -0.1) is 0 Å². The molecule has 4 aromatic heterocycles. The highest BCUT2D eigenvalue weighted by atomic mass is 16.3. The second kappa shape index (κ2) is 13.1. The second-order valence-corrected chi connectivity index (χ2v) is 15.3. The highest BCUT2D eigenvalue weighted by Crippen LogP contribution is 2.45. The van der Waals surface area contributed by atoms with E-state index in [0.717, 1.165) is 111 Å². The van der Waals surface area contributed by atoms with Crippen LogP contribution in [0.4, 0.5) is 17.1 Å². The van der Waals surface area contributed by atoms with E-state index in [1.807, 2.05) is 91.0 Å². The third-order valence-electron chi connectivity index (χ3n) is 11.9. The van der Waals surface area contributed by atoms with Crippen molar-refractivity contribution < 1.29 is 20.1 Å². The van der Waals surface area contributed by atoms with Gasteiger partial charge in [0.1, 0.15) is 22.3 Å². The molecule has 0 bridgehead atoms. The molecule has 0 saturated carbocycles. The fourth-order valence-electron chi connectivity index (χ4n) is 9.16. The number of nitrogens with zero attached hydrogens (tertiary/aromatic N) is 2. The van der Waals surface area contributed by atoms with Gasteiger partial charge in [-0.3, -0.25) is 4.57 Å². The first-order chi connectivity index (χ1) is 32.3. The van der Waals surface area contributed by atoms with Crippen LogP contribution >= 0.6 is 0 Å². The average Bonchev–Trinajstić information content (AvgIpc) is 4.12. The molecule has 61 heavy (non-hydrogen) atoms. The van der Waals surface area contributed by atoms with Gasteiger partial charge in [0, 0.05) is 38.3 Å². The molecule has 0 amide bonds.